The molecule has 3 N–H and O–H groups in total. The highest BCUT2D eigenvalue weighted by atomic mass is 19.3. The molecule has 17 heteroatoms. The van der Waals surface area contributed by atoms with Gasteiger partial charge in [0, 0.05) is 57.2 Å². The Hall–Kier alpha value is -5.16. The number of imidazole rings is 1. The summed E-state index contributed by atoms with van der Waals surface area (Å²) in [4.78, 5) is 47.1. The van der Waals surface area contributed by atoms with Crippen molar-refractivity contribution in [3.8, 4) is 0 Å². The number of anilines is 2. The van der Waals surface area contributed by atoms with Crippen LogP contribution in [-0.2, 0) is 16.6 Å². The molecule has 3 fully saturated rings. The van der Waals surface area contributed by atoms with Crippen molar-refractivity contribution < 1.29 is 23.5 Å². The van der Waals surface area contributed by atoms with Crippen LogP contribution in [0.15, 0.2) is 47.7 Å². The van der Waals surface area contributed by atoms with Crippen molar-refractivity contribution in [3.63, 3.8) is 0 Å². The molecule has 0 bridgehead atoms. The van der Waals surface area contributed by atoms with E-state index < -0.39 is 30.3 Å². The number of alkyl halides is 2. The Balaban J connectivity index is 0.868. The van der Waals surface area contributed by atoms with Gasteiger partial charge >= 0.3 is 5.69 Å². The van der Waals surface area contributed by atoms with Gasteiger partial charge in [-0.2, -0.15) is 10.2 Å². The number of hydrogen-bond acceptors (Lipinski definition) is 10. The number of benzene rings is 1. The Morgan fingerprint density at radius 2 is 1.82 bits per heavy atom. The molecule has 1 saturated carbocycles. The lowest BCUT2D eigenvalue weighted by Crippen LogP contribution is -2.45. The minimum absolute atomic E-state index is 0.0141. The molecule has 2 unspecified atom stereocenters. The highest BCUT2D eigenvalue weighted by Gasteiger charge is 2.34. The predicted octanol–water partition coefficient (Wildman–Crippen LogP) is 4.24. The highest BCUT2D eigenvalue weighted by Crippen LogP contribution is 2.37. The average molecular weight is 760 g/mol. The van der Waals surface area contributed by atoms with Crippen LogP contribution >= 0.6 is 0 Å². The summed E-state index contributed by atoms with van der Waals surface area (Å²) in [6.45, 7) is 4.42. The summed E-state index contributed by atoms with van der Waals surface area (Å²) < 4.78 is 34.6. The number of aliphatic hydroxyl groups excluding tert-OH is 1. The van der Waals surface area contributed by atoms with Gasteiger partial charge in [-0.3, -0.25) is 28.7 Å². The second-order valence-electron chi connectivity index (χ2n) is 15.3. The Bertz CT molecular complexity index is 2280. The first-order chi connectivity index (χ1) is 26.5. The molecule has 2 atom stereocenters. The fraction of sp³-hybridized carbons (Fsp3) is 0.526. The van der Waals surface area contributed by atoms with Crippen LogP contribution in [0.5, 0.6) is 0 Å². The predicted molar refractivity (Wildman–Crippen MR) is 201 cm³/mol. The van der Waals surface area contributed by atoms with E-state index in [1.165, 1.54) is 15.3 Å². The van der Waals surface area contributed by atoms with E-state index in [0.29, 0.717) is 35.1 Å². The third-order valence-electron chi connectivity index (χ3n) is 11.9. The van der Waals surface area contributed by atoms with Gasteiger partial charge in [0.2, 0.25) is 11.8 Å². The molecular weight excluding hydrogens is 712 g/mol. The summed E-state index contributed by atoms with van der Waals surface area (Å²) in [6, 6.07) is 7.28. The number of nitrogens with one attached hydrogen (secondary N) is 2. The molecule has 55 heavy (non-hydrogen) atoms. The van der Waals surface area contributed by atoms with Crippen molar-refractivity contribution in [1.29, 1.82) is 0 Å². The van der Waals surface area contributed by atoms with E-state index in [0.717, 1.165) is 75.1 Å². The number of aryl methyl sites for hydroxylation is 2. The SMILES string of the molecule is Cc1ccn2ncc(C(O)Nc3cn([C@H]4CC[C@H](CN(C)C5CCN(c6cccc7c6n(C)c(=O)n7C6CCC(=O)NC6=O)CC5)CC4)nc3C(F)F)c2n1. The number of nitrogens with zero attached hydrogens (tertiary/aromatic N) is 9. The largest absolute Gasteiger partial charge is 0.370 e. The van der Waals surface area contributed by atoms with Crippen molar-refractivity contribution >= 4 is 39.9 Å². The highest BCUT2D eigenvalue weighted by molar-refractivity contribution is 6.00. The fourth-order valence-electron chi connectivity index (χ4n) is 8.86. The van der Waals surface area contributed by atoms with Crippen molar-refractivity contribution in [2.75, 3.05) is 36.9 Å². The Morgan fingerprint density at radius 1 is 1.05 bits per heavy atom. The number of halogens is 2. The molecule has 6 heterocycles. The van der Waals surface area contributed by atoms with Crippen LogP contribution in [-0.4, -0.2) is 88.1 Å². The number of aromatic nitrogens is 7. The van der Waals surface area contributed by atoms with Crippen LogP contribution in [0.1, 0.15) is 93.1 Å². The monoisotopic (exact) mass is 759 g/mol. The summed E-state index contributed by atoms with van der Waals surface area (Å²) in [5.74, 6) is -0.279. The number of aliphatic hydroxyl groups is 1. The van der Waals surface area contributed by atoms with Gasteiger partial charge in [0.25, 0.3) is 6.43 Å². The molecule has 0 spiro atoms. The van der Waals surface area contributed by atoms with Crippen LogP contribution in [0.4, 0.5) is 20.2 Å². The zero-order chi connectivity index (χ0) is 38.5. The van der Waals surface area contributed by atoms with Gasteiger partial charge in [0.05, 0.1) is 40.2 Å². The van der Waals surface area contributed by atoms with E-state index in [4.69, 9.17) is 0 Å². The molecule has 8 rings (SSSR count). The van der Waals surface area contributed by atoms with Gasteiger partial charge in [0.1, 0.15) is 6.04 Å². The minimum Gasteiger partial charge on any atom is -0.370 e. The van der Waals surface area contributed by atoms with Crippen LogP contribution < -0.4 is 21.2 Å². The third kappa shape index (κ3) is 6.99. The van der Waals surface area contributed by atoms with Crippen LogP contribution in [0.2, 0.25) is 0 Å². The van der Waals surface area contributed by atoms with E-state index in [9.17, 15) is 28.3 Å². The number of fused-ring (bicyclic) bond motifs is 2. The Kier molecular flexibility index (Phi) is 9.92. The quantitative estimate of drug-likeness (QED) is 0.139. The topological polar surface area (TPSA) is 160 Å². The van der Waals surface area contributed by atoms with E-state index in [-0.39, 0.29) is 29.7 Å². The maximum absolute atomic E-state index is 14.1. The molecule has 2 aliphatic heterocycles. The van der Waals surface area contributed by atoms with Gasteiger partial charge < -0.3 is 20.2 Å². The van der Waals surface area contributed by atoms with Gasteiger partial charge in [-0.1, -0.05) is 6.07 Å². The number of carbonyl (C=O) groups excluding carboxylic acids is 2. The first-order valence-corrected chi connectivity index (χ1v) is 19.1. The number of carbonyl (C=O) groups is 2. The Labute approximate surface area is 315 Å². The normalized spacial score (nSPS) is 22.0. The molecule has 3 aliphatic rings. The van der Waals surface area contributed by atoms with E-state index in [1.54, 1.807) is 34.8 Å². The summed E-state index contributed by atoms with van der Waals surface area (Å²) in [5.41, 5.74) is 3.46. The first-order valence-electron chi connectivity index (χ1n) is 19.1. The first kappa shape index (κ1) is 36.8. The second kappa shape index (κ2) is 14.8. The smallest absolute Gasteiger partial charge is 0.329 e. The molecule has 1 aromatic carbocycles. The molecular formula is C38H47F2N11O4. The maximum atomic E-state index is 14.1. The lowest BCUT2D eigenvalue weighted by molar-refractivity contribution is -0.135. The van der Waals surface area contributed by atoms with E-state index >= 15 is 0 Å². The van der Waals surface area contributed by atoms with Crippen molar-refractivity contribution in [2.24, 2.45) is 13.0 Å². The van der Waals surface area contributed by atoms with Crippen LogP contribution in [0, 0.1) is 12.8 Å². The molecule has 2 amide bonds. The van der Waals surface area contributed by atoms with Gasteiger partial charge in [-0.05, 0) is 83.0 Å². The number of rotatable bonds is 10. The number of imide groups is 1. The van der Waals surface area contributed by atoms with Crippen molar-refractivity contribution in [3.05, 3.63) is 70.3 Å². The second-order valence-corrected chi connectivity index (χ2v) is 15.3. The molecule has 4 aromatic heterocycles. The number of para-hydroxylation sites is 1. The number of amides is 2. The number of piperidine rings is 2. The lowest BCUT2D eigenvalue weighted by Gasteiger charge is -2.40. The Morgan fingerprint density at radius 3 is 2.55 bits per heavy atom. The third-order valence-corrected chi connectivity index (χ3v) is 11.9. The van der Waals surface area contributed by atoms with E-state index in [1.807, 2.05) is 25.1 Å². The van der Waals surface area contributed by atoms with Crippen molar-refractivity contribution in [2.45, 2.75) is 89.1 Å². The minimum atomic E-state index is -2.81. The summed E-state index contributed by atoms with van der Waals surface area (Å²) in [6.07, 6.45) is 6.65. The molecule has 5 aromatic rings. The van der Waals surface area contributed by atoms with Crippen molar-refractivity contribution in [1.82, 2.24) is 43.7 Å². The maximum Gasteiger partial charge on any atom is 0.329 e. The molecule has 0 radical (unpaired) electrons. The standard InChI is InChI=1S/C38H47F2N11O4/c1-22-13-18-49-35(42-22)26(19-41-49)36(53)43-27-21-50(45-32(27)34(39)40)25-9-7-23(8-10-25)20-46(2)24-14-16-48(17-15-24)28-5-4-6-29-33(28)47(3)38(55)51(29)30-11-12-31(52)44-37(30)54/h4-6,13,18-19,21,23-25,30,34,36,43,53H,7-12,14-17,20H2,1-3H3,(H,44,52,54)/t23-,25-,30?,36?. The average Bonchev–Trinajstić information content (AvgIpc) is 3.86. The fourth-order valence-corrected chi connectivity index (χ4v) is 8.86. The zero-order valence-corrected chi connectivity index (χ0v) is 31.2. The molecule has 15 nitrogen and oxygen atoms in total. The number of hydrogen-bond donors (Lipinski definition) is 3. The lowest BCUT2D eigenvalue weighted by atomic mass is 9.85. The van der Waals surface area contributed by atoms with E-state index in [2.05, 4.69) is 42.7 Å². The van der Waals surface area contributed by atoms with Gasteiger partial charge in [-0.25, -0.2) is 23.1 Å². The van der Waals surface area contributed by atoms with Gasteiger partial charge in [0.15, 0.2) is 17.6 Å². The summed E-state index contributed by atoms with van der Waals surface area (Å²) in [5, 5.41) is 24.7. The zero-order valence-electron chi connectivity index (χ0n) is 31.2. The molecule has 292 valence electrons. The van der Waals surface area contributed by atoms with Gasteiger partial charge in [-0.15, -0.1) is 0 Å². The van der Waals surface area contributed by atoms with Crippen LogP contribution in [0.25, 0.3) is 16.7 Å². The summed E-state index contributed by atoms with van der Waals surface area (Å²) >= 11 is 0. The molecule has 1 aliphatic carbocycles. The van der Waals surface area contributed by atoms with Crippen LogP contribution in [0.3, 0.4) is 0 Å². The summed E-state index contributed by atoms with van der Waals surface area (Å²) in [7, 11) is 3.92. The molecule has 2 saturated heterocycles.